The average Bonchev–Trinajstić information content (AvgIpc) is 3.56. The summed E-state index contributed by atoms with van der Waals surface area (Å²) in [6.07, 6.45) is 4.79. The van der Waals surface area contributed by atoms with Crippen LogP contribution in [-0.2, 0) is 23.8 Å². The van der Waals surface area contributed by atoms with Crippen LogP contribution in [0.1, 0.15) is 69.4 Å². The first kappa shape index (κ1) is 26.8. The first-order valence-corrected chi connectivity index (χ1v) is 13.1. The second-order valence-corrected chi connectivity index (χ2v) is 11.5. The summed E-state index contributed by atoms with van der Waals surface area (Å²) in [6, 6.07) is 3.91. The van der Waals surface area contributed by atoms with Crippen LogP contribution >= 0.6 is 0 Å². The minimum Gasteiger partial charge on any atom is -0.469 e. The number of fused-ring (bicyclic) bond motifs is 3. The molecule has 0 radical (unpaired) electrons. The molecule has 5 rings (SSSR count). The van der Waals surface area contributed by atoms with Crippen LogP contribution in [0.5, 0.6) is 11.5 Å². The summed E-state index contributed by atoms with van der Waals surface area (Å²) in [5.41, 5.74) is -1.78. The van der Waals surface area contributed by atoms with Crippen molar-refractivity contribution in [1.29, 1.82) is 0 Å². The SMILES string of the molecule is COC(=O)C[C@@](O)(CCC(C)(C)O)C(=O)O[C@@H]1C(OC)C[C@]23CCCN2C=Cc2cc4c(cc2[C@H]13)OCO4. The molecule has 10 nitrogen and oxygen atoms in total. The van der Waals surface area contributed by atoms with Crippen molar-refractivity contribution in [2.75, 3.05) is 27.6 Å². The molecule has 1 aromatic rings. The molecule has 1 aliphatic carbocycles. The van der Waals surface area contributed by atoms with Crippen LogP contribution in [0.15, 0.2) is 18.3 Å². The molecular formula is C28H37NO9. The molecule has 5 atom stereocenters. The molecule has 208 valence electrons. The third-order valence-electron chi connectivity index (χ3n) is 8.50. The Labute approximate surface area is 222 Å². The van der Waals surface area contributed by atoms with Gasteiger partial charge in [-0.15, -0.1) is 0 Å². The van der Waals surface area contributed by atoms with Crippen LogP contribution in [0.2, 0.25) is 0 Å². The van der Waals surface area contributed by atoms with Crippen molar-refractivity contribution in [2.45, 2.75) is 87.2 Å². The maximum atomic E-state index is 13.7. The molecule has 3 aliphatic heterocycles. The third-order valence-corrected chi connectivity index (χ3v) is 8.50. The topological polar surface area (TPSA) is 124 Å². The molecule has 3 heterocycles. The van der Waals surface area contributed by atoms with Gasteiger partial charge in [-0.05, 0) is 68.9 Å². The van der Waals surface area contributed by atoms with E-state index < -0.39 is 41.8 Å². The predicted molar refractivity (Wildman–Crippen MR) is 135 cm³/mol. The monoisotopic (exact) mass is 531 g/mol. The number of ether oxygens (including phenoxy) is 5. The molecule has 38 heavy (non-hydrogen) atoms. The van der Waals surface area contributed by atoms with Crippen molar-refractivity contribution >= 4 is 18.0 Å². The Balaban J connectivity index is 1.53. The van der Waals surface area contributed by atoms with E-state index in [-0.39, 0.29) is 31.1 Å². The second kappa shape index (κ2) is 9.73. The fraction of sp³-hybridized carbons (Fsp3) is 0.643. The van der Waals surface area contributed by atoms with Gasteiger partial charge >= 0.3 is 11.9 Å². The molecule has 1 saturated heterocycles. The quantitative estimate of drug-likeness (QED) is 0.484. The van der Waals surface area contributed by atoms with Gasteiger partial charge in [0, 0.05) is 32.2 Å². The lowest BCUT2D eigenvalue weighted by Crippen LogP contribution is -2.48. The summed E-state index contributed by atoms with van der Waals surface area (Å²) in [4.78, 5) is 28.2. The Kier molecular flexibility index (Phi) is 6.86. The number of rotatable bonds is 8. The average molecular weight is 532 g/mol. The van der Waals surface area contributed by atoms with Crippen LogP contribution in [0.25, 0.3) is 6.08 Å². The number of methoxy groups -OCH3 is 2. The lowest BCUT2D eigenvalue weighted by Gasteiger charge is -2.40. The maximum absolute atomic E-state index is 13.7. The van der Waals surface area contributed by atoms with E-state index in [2.05, 4.69) is 17.2 Å². The highest BCUT2D eigenvalue weighted by Crippen LogP contribution is 2.57. The standard InChI is InChI=1S/C28H37NO9/c1-26(2,32)8-9-28(33,15-22(30)35-4)25(31)38-24-21(34-3)14-27-7-5-10-29(27)11-6-17-12-19-20(37-16-36-19)13-18(17)23(24)27/h6,11-13,21,23-24,32-33H,5,7-10,14-16H2,1-4H3/t21?,23-,24-,27+,28+/m1/s1. The van der Waals surface area contributed by atoms with E-state index >= 15 is 0 Å². The highest BCUT2D eigenvalue weighted by molar-refractivity contribution is 5.86. The molecule has 1 aromatic carbocycles. The van der Waals surface area contributed by atoms with E-state index in [0.717, 1.165) is 30.5 Å². The van der Waals surface area contributed by atoms with Crippen molar-refractivity contribution < 1.29 is 43.5 Å². The third kappa shape index (κ3) is 4.63. The van der Waals surface area contributed by atoms with E-state index in [1.54, 1.807) is 21.0 Å². The summed E-state index contributed by atoms with van der Waals surface area (Å²) in [6.45, 7) is 4.16. The fourth-order valence-electron chi connectivity index (χ4n) is 6.51. The van der Waals surface area contributed by atoms with Crippen molar-refractivity contribution in [3.63, 3.8) is 0 Å². The predicted octanol–water partition coefficient (Wildman–Crippen LogP) is 2.49. The van der Waals surface area contributed by atoms with Crippen molar-refractivity contribution in [1.82, 2.24) is 4.90 Å². The van der Waals surface area contributed by atoms with Crippen LogP contribution in [0, 0.1) is 0 Å². The van der Waals surface area contributed by atoms with Gasteiger partial charge in [0.25, 0.3) is 0 Å². The summed E-state index contributed by atoms with van der Waals surface area (Å²) >= 11 is 0. The summed E-state index contributed by atoms with van der Waals surface area (Å²) < 4.78 is 28.1. The van der Waals surface area contributed by atoms with Gasteiger partial charge in [0.15, 0.2) is 17.1 Å². The molecule has 0 amide bonds. The molecule has 0 aromatic heterocycles. The largest absolute Gasteiger partial charge is 0.469 e. The number of carbonyl (C=O) groups is 2. The summed E-state index contributed by atoms with van der Waals surface area (Å²) in [5.74, 6) is -0.657. The molecule has 0 bridgehead atoms. The Morgan fingerprint density at radius 1 is 1.16 bits per heavy atom. The zero-order chi connectivity index (χ0) is 27.3. The number of carbonyl (C=O) groups excluding carboxylic acids is 2. The highest BCUT2D eigenvalue weighted by atomic mass is 16.7. The number of nitrogens with zero attached hydrogens (tertiary/aromatic N) is 1. The van der Waals surface area contributed by atoms with E-state index in [0.29, 0.717) is 17.9 Å². The maximum Gasteiger partial charge on any atom is 0.339 e. The molecule has 1 spiro atoms. The summed E-state index contributed by atoms with van der Waals surface area (Å²) in [7, 11) is 2.79. The molecule has 2 fully saturated rings. The molecule has 10 heteroatoms. The number of hydrogen-bond donors (Lipinski definition) is 2. The molecular weight excluding hydrogens is 494 g/mol. The zero-order valence-electron chi connectivity index (χ0n) is 22.4. The van der Waals surface area contributed by atoms with E-state index in [4.69, 9.17) is 23.7 Å². The molecule has 2 N–H and O–H groups in total. The lowest BCUT2D eigenvalue weighted by molar-refractivity contribution is -0.183. The minimum atomic E-state index is -2.17. The summed E-state index contributed by atoms with van der Waals surface area (Å²) in [5, 5.41) is 21.7. The van der Waals surface area contributed by atoms with Gasteiger partial charge in [-0.25, -0.2) is 4.79 Å². The van der Waals surface area contributed by atoms with Crippen molar-refractivity contribution in [2.24, 2.45) is 0 Å². The lowest BCUT2D eigenvalue weighted by atomic mass is 9.78. The Bertz CT molecular complexity index is 1130. The molecule has 4 aliphatic rings. The van der Waals surface area contributed by atoms with Gasteiger partial charge in [-0.3, -0.25) is 4.79 Å². The van der Waals surface area contributed by atoms with E-state index in [9.17, 15) is 19.8 Å². The van der Waals surface area contributed by atoms with E-state index in [1.807, 2.05) is 12.1 Å². The molecule has 1 unspecified atom stereocenters. The second-order valence-electron chi connectivity index (χ2n) is 11.5. The van der Waals surface area contributed by atoms with Crippen LogP contribution in [0.3, 0.4) is 0 Å². The van der Waals surface area contributed by atoms with Gasteiger partial charge < -0.3 is 38.8 Å². The fourth-order valence-corrected chi connectivity index (χ4v) is 6.51. The first-order valence-electron chi connectivity index (χ1n) is 13.1. The molecule has 1 saturated carbocycles. The van der Waals surface area contributed by atoms with Gasteiger partial charge in [-0.2, -0.15) is 0 Å². The Hall–Kier alpha value is -2.82. The van der Waals surface area contributed by atoms with Gasteiger partial charge in [0.1, 0.15) is 6.10 Å². The number of benzene rings is 1. The normalized spacial score (nSPS) is 28.7. The van der Waals surface area contributed by atoms with Crippen molar-refractivity contribution in [3.05, 3.63) is 29.5 Å². The number of hydrogen-bond acceptors (Lipinski definition) is 10. The number of esters is 2. The van der Waals surface area contributed by atoms with Gasteiger partial charge in [0.2, 0.25) is 6.79 Å². The van der Waals surface area contributed by atoms with Crippen LogP contribution in [0.4, 0.5) is 0 Å². The smallest absolute Gasteiger partial charge is 0.339 e. The highest BCUT2D eigenvalue weighted by Gasteiger charge is 2.61. The van der Waals surface area contributed by atoms with Crippen LogP contribution < -0.4 is 9.47 Å². The number of aliphatic hydroxyl groups is 2. The minimum absolute atomic E-state index is 0.0747. The Morgan fingerprint density at radius 3 is 2.58 bits per heavy atom. The van der Waals surface area contributed by atoms with E-state index in [1.165, 1.54) is 7.11 Å². The Morgan fingerprint density at radius 2 is 1.89 bits per heavy atom. The van der Waals surface area contributed by atoms with Crippen molar-refractivity contribution in [3.8, 4) is 11.5 Å². The van der Waals surface area contributed by atoms with Crippen LogP contribution in [-0.4, -0.2) is 83.6 Å². The van der Waals surface area contributed by atoms with Gasteiger partial charge in [-0.1, -0.05) is 0 Å². The van der Waals surface area contributed by atoms with Gasteiger partial charge in [0.05, 0.1) is 30.8 Å². The first-order chi connectivity index (χ1) is 18.0. The zero-order valence-corrected chi connectivity index (χ0v) is 22.4.